The van der Waals surface area contributed by atoms with E-state index in [4.69, 9.17) is 32.7 Å². The second-order valence-electron chi connectivity index (χ2n) is 6.81. The lowest BCUT2D eigenvalue weighted by Gasteiger charge is -2.09. The van der Waals surface area contributed by atoms with Gasteiger partial charge in [-0.25, -0.2) is 14.6 Å². The van der Waals surface area contributed by atoms with E-state index in [2.05, 4.69) is 20.9 Å². The summed E-state index contributed by atoms with van der Waals surface area (Å²) in [4.78, 5) is 29.2. The predicted molar refractivity (Wildman–Crippen MR) is 133 cm³/mol. The molecule has 1 aliphatic rings. The number of hydrogen-bond acceptors (Lipinski definition) is 5. The number of hydrogen-bond donors (Lipinski definition) is 0. The monoisotopic (exact) mass is 541 g/mol. The SMILES string of the molecule is O=C1OC(/C=C/c2ccccc2)=NC/1=C/c1cc(Br)ccc1OC(=O)c1ccc(Cl)cc1Cl. The number of rotatable bonds is 5. The van der Waals surface area contributed by atoms with Crippen LogP contribution in [0.2, 0.25) is 10.0 Å². The predicted octanol–water partition coefficient (Wildman–Crippen LogP) is 6.98. The van der Waals surface area contributed by atoms with Crippen molar-refractivity contribution in [3.63, 3.8) is 0 Å². The van der Waals surface area contributed by atoms with Crippen LogP contribution in [-0.4, -0.2) is 17.8 Å². The van der Waals surface area contributed by atoms with Crippen LogP contribution in [0.5, 0.6) is 5.75 Å². The van der Waals surface area contributed by atoms with Crippen molar-refractivity contribution in [2.24, 2.45) is 4.99 Å². The fraction of sp³-hybridized carbons (Fsp3) is 0. The Bertz CT molecular complexity index is 1330. The molecule has 0 unspecified atom stereocenters. The highest BCUT2D eigenvalue weighted by molar-refractivity contribution is 9.10. The van der Waals surface area contributed by atoms with Crippen molar-refractivity contribution in [3.05, 3.63) is 110 Å². The molecular formula is C25H14BrCl2NO4. The van der Waals surface area contributed by atoms with Crippen LogP contribution in [0.3, 0.4) is 0 Å². The van der Waals surface area contributed by atoms with Gasteiger partial charge in [-0.1, -0.05) is 69.5 Å². The Hall–Kier alpha value is -3.19. The molecule has 4 rings (SSSR count). The first-order valence-corrected chi connectivity index (χ1v) is 11.2. The minimum atomic E-state index is -0.664. The molecule has 0 atom stereocenters. The van der Waals surface area contributed by atoms with Gasteiger partial charge in [-0.2, -0.15) is 0 Å². The zero-order chi connectivity index (χ0) is 23.4. The summed E-state index contributed by atoms with van der Waals surface area (Å²) in [7, 11) is 0. The number of benzene rings is 3. The Morgan fingerprint density at radius 3 is 2.55 bits per heavy atom. The van der Waals surface area contributed by atoms with E-state index in [1.165, 1.54) is 18.2 Å². The van der Waals surface area contributed by atoms with Gasteiger partial charge in [-0.3, -0.25) is 0 Å². The van der Waals surface area contributed by atoms with Crippen molar-refractivity contribution in [1.29, 1.82) is 0 Å². The highest BCUT2D eigenvalue weighted by Gasteiger charge is 2.22. The molecule has 0 amide bonds. The topological polar surface area (TPSA) is 65.0 Å². The van der Waals surface area contributed by atoms with Crippen molar-refractivity contribution >= 4 is 69.1 Å². The second kappa shape index (κ2) is 10.2. The number of ether oxygens (including phenoxy) is 2. The van der Waals surface area contributed by atoms with Crippen LogP contribution in [0, 0.1) is 0 Å². The average molecular weight is 543 g/mol. The molecule has 0 saturated carbocycles. The third kappa shape index (κ3) is 5.79. The van der Waals surface area contributed by atoms with Crippen LogP contribution in [-0.2, 0) is 9.53 Å². The van der Waals surface area contributed by atoms with Gasteiger partial charge in [0.15, 0.2) is 5.70 Å². The van der Waals surface area contributed by atoms with Gasteiger partial charge in [-0.05, 0) is 54.1 Å². The van der Waals surface area contributed by atoms with Crippen molar-refractivity contribution in [1.82, 2.24) is 0 Å². The third-order valence-electron chi connectivity index (χ3n) is 4.47. The molecule has 0 spiro atoms. The number of cyclic esters (lactones) is 1. The van der Waals surface area contributed by atoms with Crippen LogP contribution >= 0.6 is 39.1 Å². The number of carbonyl (C=O) groups is 2. The Balaban J connectivity index is 1.60. The van der Waals surface area contributed by atoms with Crippen molar-refractivity contribution < 1.29 is 19.1 Å². The zero-order valence-corrected chi connectivity index (χ0v) is 19.9. The molecular weight excluding hydrogens is 529 g/mol. The molecule has 164 valence electrons. The van der Waals surface area contributed by atoms with Crippen LogP contribution in [0.4, 0.5) is 0 Å². The molecule has 5 nitrogen and oxygen atoms in total. The summed E-state index contributed by atoms with van der Waals surface area (Å²) in [5.74, 6) is -0.891. The van der Waals surface area contributed by atoms with E-state index in [-0.39, 0.29) is 27.9 Å². The number of nitrogens with zero attached hydrogens (tertiary/aromatic N) is 1. The fourth-order valence-corrected chi connectivity index (χ4v) is 3.78. The molecule has 1 heterocycles. The van der Waals surface area contributed by atoms with E-state index in [0.717, 1.165) is 10.0 Å². The van der Waals surface area contributed by atoms with E-state index in [1.54, 1.807) is 36.4 Å². The van der Waals surface area contributed by atoms with Crippen molar-refractivity contribution in [2.45, 2.75) is 0 Å². The molecule has 33 heavy (non-hydrogen) atoms. The molecule has 0 N–H and O–H groups in total. The van der Waals surface area contributed by atoms with Crippen LogP contribution < -0.4 is 4.74 Å². The summed E-state index contributed by atoms with van der Waals surface area (Å²) >= 11 is 15.4. The Morgan fingerprint density at radius 1 is 1.00 bits per heavy atom. The van der Waals surface area contributed by atoms with E-state index in [9.17, 15) is 9.59 Å². The minimum Gasteiger partial charge on any atom is -0.422 e. The Kier molecular flexibility index (Phi) is 7.08. The highest BCUT2D eigenvalue weighted by Crippen LogP contribution is 2.29. The summed E-state index contributed by atoms with van der Waals surface area (Å²) in [6.45, 7) is 0. The molecule has 1 aliphatic heterocycles. The quantitative estimate of drug-likeness (QED) is 0.198. The molecule has 0 radical (unpaired) electrons. The molecule has 0 aliphatic carbocycles. The van der Waals surface area contributed by atoms with Gasteiger partial charge >= 0.3 is 11.9 Å². The van der Waals surface area contributed by atoms with Gasteiger partial charge in [0.2, 0.25) is 5.90 Å². The molecule has 0 saturated heterocycles. The zero-order valence-electron chi connectivity index (χ0n) is 16.8. The molecule has 8 heteroatoms. The average Bonchev–Trinajstić information content (AvgIpc) is 3.14. The minimum absolute atomic E-state index is 0.0719. The van der Waals surface area contributed by atoms with E-state index in [1.807, 2.05) is 30.3 Å². The standard InChI is InChI=1S/C25H14BrCl2NO4/c26-17-7-10-22(32-24(30)19-9-8-18(27)14-20(19)28)16(12-17)13-21-25(31)33-23(29-21)11-6-15-4-2-1-3-5-15/h1-14H/b11-6+,21-13+. The molecule has 0 aromatic heterocycles. The van der Waals surface area contributed by atoms with Gasteiger partial charge in [0.25, 0.3) is 0 Å². The highest BCUT2D eigenvalue weighted by atomic mass is 79.9. The summed E-state index contributed by atoms with van der Waals surface area (Å²) in [5, 5.41) is 0.573. The van der Waals surface area contributed by atoms with Gasteiger partial charge in [0.05, 0.1) is 10.6 Å². The molecule has 3 aromatic rings. The van der Waals surface area contributed by atoms with E-state index in [0.29, 0.717) is 10.6 Å². The van der Waals surface area contributed by atoms with Crippen molar-refractivity contribution in [2.75, 3.05) is 0 Å². The lowest BCUT2D eigenvalue weighted by Crippen LogP contribution is -2.10. The first-order chi connectivity index (χ1) is 15.9. The van der Waals surface area contributed by atoms with Crippen LogP contribution in [0.1, 0.15) is 21.5 Å². The Labute approximate surface area is 208 Å². The summed E-state index contributed by atoms with van der Waals surface area (Å²) in [6.07, 6.45) is 4.89. The maximum absolute atomic E-state index is 12.6. The first-order valence-electron chi connectivity index (χ1n) is 9.61. The van der Waals surface area contributed by atoms with Crippen LogP contribution in [0.15, 0.2) is 88.0 Å². The van der Waals surface area contributed by atoms with Gasteiger partial charge in [-0.15, -0.1) is 0 Å². The molecule has 0 fully saturated rings. The van der Waals surface area contributed by atoms with E-state index >= 15 is 0 Å². The number of esters is 2. The lowest BCUT2D eigenvalue weighted by atomic mass is 10.1. The summed E-state index contributed by atoms with van der Waals surface area (Å²) in [5.41, 5.74) is 1.62. The van der Waals surface area contributed by atoms with Gasteiger partial charge in [0.1, 0.15) is 5.75 Å². The number of halogens is 3. The largest absolute Gasteiger partial charge is 0.422 e. The Morgan fingerprint density at radius 2 is 1.79 bits per heavy atom. The van der Waals surface area contributed by atoms with Crippen LogP contribution in [0.25, 0.3) is 12.2 Å². The summed E-state index contributed by atoms with van der Waals surface area (Å²) < 4.78 is 11.5. The number of carbonyl (C=O) groups excluding carboxylic acids is 2. The second-order valence-corrected chi connectivity index (χ2v) is 8.57. The number of aliphatic imine (C=N–C) groups is 1. The normalized spacial score (nSPS) is 14.5. The van der Waals surface area contributed by atoms with Gasteiger partial charge < -0.3 is 9.47 Å². The van der Waals surface area contributed by atoms with Gasteiger partial charge in [0, 0.05) is 21.1 Å². The smallest absolute Gasteiger partial charge is 0.363 e. The summed E-state index contributed by atoms with van der Waals surface area (Å²) in [6, 6.07) is 19.0. The van der Waals surface area contributed by atoms with E-state index < -0.39 is 11.9 Å². The lowest BCUT2D eigenvalue weighted by molar-refractivity contribution is -0.129. The third-order valence-corrected chi connectivity index (χ3v) is 5.51. The fourth-order valence-electron chi connectivity index (χ4n) is 2.91. The molecule has 0 bridgehead atoms. The maximum Gasteiger partial charge on any atom is 0.363 e. The van der Waals surface area contributed by atoms with Crippen molar-refractivity contribution in [3.8, 4) is 5.75 Å². The molecule has 3 aromatic carbocycles. The first kappa shape index (κ1) is 23.0. The maximum atomic E-state index is 12.6.